The van der Waals surface area contributed by atoms with Crippen LogP contribution in [-0.2, 0) is 33.8 Å². The van der Waals surface area contributed by atoms with E-state index in [1.807, 2.05) is 40.2 Å². The van der Waals surface area contributed by atoms with Crippen LogP contribution >= 0.6 is 0 Å². The van der Waals surface area contributed by atoms with Crippen molar-refractivity contribution in [3.05, 3.63) is 66.3 Å². The van der Waals surface area contributed by atoms with Gasteiger partial charge in [-0.1, -0.05) is 12.2 Å². The molecule has 2 amide bonds. The number of amides is 2. The second-order valence-corrected chi connectivity index (χ2v) is 8.72. The summed E-state index contributed by atoms with van der Waals surface area (Å²) < 4.78 is 8.46. The first-order valence-corrected chi connectivity index (χ1v) is 10.6. The summed E-state index contributed by atoms with van der Waals surface area (Å²) in [5.74, 6) is -0.733. The van der Waals surface area contributed by atoms with Crippen LogP contribution < -0.4 is 0 Å². The van der Waals surface area contributed by atoms with Crippen LogP contribution in [0.5, 0.6) is 0 Å². The lowest BCUT2D eigenvalue weighted by atomic mass is 9.76. The molecule has 6 heterocycles. The van der Waals surface area contributed by atoms with Crippen molar-refractivity contribution >= 4 is 11.8 Å². The monoisotopic (exact) mass is 404 g/mol. The Hall–Kier alpha value is -2.93. The molecule has 30 heavy (non-hydrogen) atoms. The lowest BCUT2D eigenvalue weighted by Crippen LogP contribution is -2.48. The molecule has 4 aliphatic heterocycles. The van der Waals surface area contributed by atoms with Crippen molar-refractivity contribution in [2.45, 2.75) is 31.2 Å². The average Bonchev–Trinajstić information content (AvgIpc) is 3.53. The predicted molar refractivity (Wildman–Crippen MR) is 108 cm³/mol. The van der Waals surface area contributed by atoms with Crippen LogP contribution in [-0.4, -0.2) is 62.5 Å². The van der Waals surface area contributed by atoms with Gasteiger partial charge in [-0.05, 0) is 36.2 Å². The summed E-state index contributed by atoms with van der Waals surface area (Å²) >= 11 is 0. The topological polar surface area (TPSA) is 67.7 Å². The van der Waals surface area contributed by atoms with E-state index in [0.717, 1.165) is 24.2 Å². The van der Waals surface area contributed by atoms with E-state index in [9.17, 15) is 9.59 Å². The molecule has 2 aromatic rings. The molecular weight excluding hydrogens is 380 g/mol. The lowest BCUT2D eigenvalue weighted by Gasteiger charge is -2.33. The number of ether oxygens (including phenoxy) is 1. The van der Waals surface area contributed by atoms with Crippen molar-refractivity contribution in [3.63, 3.8) is 0 Å². The van der Waals surface area contributed by atoms with Crippen molar-refractivity contribution in [1.82, 2.24) is 19.4 Å². The minimum atomic E-state index is -0.643. The minimum absolute atomic E-state index is 0.0491. The van der Waals surface area contributed by atoms with Crippen LogP contribution in [0.3, 0.4) is 0 Å². The van der Waals surface area contributed by atoms with E-state index < -0.39 is 17.4 Å². The van der Waals surface area contributed by atoms with Crippen molar-refractivity contribution in [2.24, 2.45) is 11.8 Å². The number of rotatable bonds is 4. The van der Waals surface area contributed by atoms with Crippen molar-refractivity contribution in [1.29, 1.82) is 0 Å². The summed E-state index contributed by atoms with van der Waals surface area (Å²) in [5, 5.41) is 0. The molecule has 0 N–H and O–H groups in total. The largest absolute Gasteiger partial charge is 0.360 e. The molecule has 2 fully saturated rings. The average molecular weight is 404 g/mol. The number of nitrogens with zero attached hydrogens (tertiary/aromatic N) is 4. The zero-order chi connectivity index (χ0) is 20.3. The van der Waals surface area contributed by atoms with E-state index in [-0.39, 0.29) is 17.9 Å². The van der Waals surface area contributed by atoms with E-state index in [2.05, 4.69) is 21.8 Å². The summed E-state index contributed by atoms with van der Waals surface area (Å²) in [7, 11) is 0. The van der Waals surface area contributed by atoms with Crippen LogP contribution in [0.1, 0.15) is 11.3 Å². The summed E-state index contributed by atoms with van der Waals surface area (Å²) in [4.78, 5) is 34.7. The maximum Gasteiger partial charge on any atom is 0.230 e. The van der Waals surface area contributed by atoms with Crippen molar-refractivity contribution in [2.75, 3.05) is 19.6 Å². The molecule has 4 atom stereocenters. The van der Waals surface area contributed by atoms with Gasteiger partial charge < -0.3 is 19.1 Å². The maximum atomic E-state index is 13.5. The number of hydrogen-bond acceptors (Lipinski definition) is 4. The zero-order valence-corrected chi connectivity index (χ0v) is 16.7. The van der Waals surface area contributed by atoms with Crippen LogP contribution in [0.15, 0.2) is 55.0 Å². The van der Waals surface area contributed by atoms with Crippen LogP contribution in [0, 0.1) is 11.8 Å². The van der Waals surface area contributed by atoms with Gasteiger partial charge in [0.1, 0.15) is 5.60 Å². The standard InChI is InChI=1S/C23H24N4O3/c28-21(26-13-12-25-10-1-2-17(25)14-26)19-18-3-7-23(30-18)15-27(22(29)20(19)23)11-6-16-4-8-24-9-5-16/h1-5,7-10,18-20H,6,11-15H2/t18-,19-,20-,23-/m0/s1. The minimum Gasteiger partial charge on any atom is -0.360 e. The Balaban J connectivity index is 1.21. The van der Waals surface area contributed by atoms with Gasteiger partial charge in [-0.25, -0.2) is 0 Å². The van der Waals surface area contributed by atoms with Crippen molar-refractivity contribution < 1.29 is 14.3 Å². The van der Waals surface area contributed by atoms with Crippen LogP contribution in [0.4, 0.5) is 0 Å². The van der Waals surface area contributed by atoms with Gasteiger partial charge in [0.15, 0.2) is 0 Å². The van der Waals surface area contributed by atoms with Gasteiger partial charge in [0.05, 0.1) is 31.0 Å². The summed E-state index contributed by atoms with van der Waals surface area (Å²) in [6, 6.07) is 8.02. The van der Waals surface area contributed by atoms with E-state index in [4.69, 9.17) is 4.74 Å². The molecule has 0 aromatic carbocycles. The quantitative estimate of drug-likeness (QED) is 0.720. The van der Waals surface area contributed by atoms with Gasteiger partial charge in [0, 0.05) is 43.9 Å². The third kappa shape index (κ3) is 2.58. The fraction of sp³-hybridized carbons (Fsp3) is 0.435. The fourth-order valence-corrected chi connectivity index (χ4v) is 5.58. The number of pyridine rings is 1. The van der Waals surface area contributed by atoms with Gasteiger partial charge in [-0.3, -0.25) is 14.6 Å². The molecule has 2 bridgehead atoms. The van der Waals surface area contributed by atoms with Gasteiger partial charge in [-0.2, -0.15) is 0 Å². The number of carbonyl (C=O) groups excluding carboxylic acids is 2. The molecule has 7 nitrogen and oxygen atoms in total. The van der Waals surface area contributed by atoms with E-state index in [1.165, 1.54) is 0 Å². The molecule has 1 spiro atoms. The highest BCUT2D eigenvalue weighted by atomic mass is 16.5. The highest BCUT2D eigenvalue weighted by Crippen LogP contribution is 2.52. The number of likely N-dealkylation sites (tertiary alicyclic amines) is 1. The van der Waals surface area contributed by atoms with E-state index in [1.54, 1.807) is 12.4 Å². The molecule has 2 saturated heterocycles. The molecule has 0 saturated carbocycles. The van der Waals surface area contributed by atoms with Gasteiger partial charge in [-0.15, -0.1) is 0 Å². The fourth-order valence-electron chi connectivity index (χ4n) is 5.58. The molecule has 154 valence electrons. The smallest absolute Gasteiger partial charge is 0.230 e. The molecule has 0 radical (unpaired) electrons. The first kappa shape index (κ1) is 17.9. The molecule has 2 aromatic heterocycles. The van der Waals surface area contributed by atoms with E-state index in [0.29, 0.717) is 26.2 Å². The Morgan fingerprint density at radius 2 is 2.10 bits per heavy atom. The Kier molecular flexibility index (Phi) is 3.90. The number of hydrogen-bond donors (Lipinski definition) is 0. The summed E-state index contributed by atoms with van der Waals surface area (Å²) in [6.07, 6.45) is 10.1. The third-order valence-corrected chi connectivity index (χ3v) is 7.08. The third-order valence-electron chi connectivity index (χ3n) is 7.08. The summed E-state index contributed by atoms with van der Waals surface area (Å²) in [5.41, 5.74) is 1.65. The molecule has 4 aliphatic rings. The lowest BCUT2D eigenvalue weighted by molar-refractivity contribution is -0.144. The molecular formula is C23H24N4O3. The number of carbonyl (C=O) groups is 2. The van der Waals surface area contributed by atoms with Gasteiger partial charge >= 0.3 is 0 Å². The SMILES string of the molecule is O=C([C@H]1[C@@H]2C=C[C@@]3(CN(CCc4ccncc4)C(=O)[C@H]13)O2)N1CCn2cccc2C1. The Labute approximate surface area is 174 Å². The first-order valence-electron chi connectivity index (χ1n) is 10.6. The first-order chi connectivity index (χ1) is 14.6. The number of fused-ring (bicyclic) bond motifs is 2. The maximum absolute atomic E-state index is 13.5. The van der Waals surface area contributed by atoms with E-state index >= 15 is 0 Å². The molecule has 7 heteroatoms. The highest BCUT2D eigenvalue weighted by Gasteiger charge is 2.67. The van der Waals surface area contributed by atoms with Gasteiger partial charge in [0.2, 0.25) is 11.8 Å². The Bertz CT molecular complexity index is 1030. The molecule has 6 rings (SSSR count). The van der Waals surface area contributed by atoms with Gasteiger partial charge in [0.25, 0.3) is 0 Å². The second-order valence-electron chi connectivity index (χ2n) is 8.72. The number of aromatic nitrogens is 2. The molecule has 0 unspecified atom stereocenters. The Morgan fingerprint density at radius 3 is 2.97 bits per heavy atom. The van der Waals surface area contributed by atoms with Crippen LogP contribution in [0.25, 0.3) is 0 Å². The highest BCUT2D eigenvalue weighted by molar-refractivity contribution is 5.93. The normalized spacial score (nSPS) is 31.3. The summed E-state index contributed by atoms with van der Waals surface area (Å²) in [6.45, 7) is 3.22. The van der Waals surface area contributed by atoms with Crippen LogP contribution in [0.2, 0.25) is 0 Å². The predicted octanol–water partition coefficient (Wildman–Crippen LogP) is 1.25. The van der Waals surface area contributed by atoms with Crippen molar-refractivity contribution in [3.8, 4) is 0 Å². The second kappa shape index (κ2) is 6.54. The zero-order valence-electron chi connectivity index (χ0n) is 16.7. The molecule has 0 aliphatic carbocycles. The Morgan fingerprint density at radius 1 is 1.23 bits per heavy atom.